The van der Waals surface area contributed by atoms with Crippen LogP contribution < -0.4 is 10.6 Å². The lowest BCUT2D eigenvalue weighted by Crippen LogP contribution is -2.44. The molecule has 1 aromatic rings. The molecule has 1 aliphatic heterocycles. The molecule has 7 heteroatoms. The lowest BCUT2D eigenvalue weighted by Gasteiger charge is -2.40. The second-order valence-electron chi connectivity index (χ2n) is 7.89. The summed E-state index contributed by atoms with van der Waals surface area (Å²) in [5.74, 6) is 1.88. The maximum absolute atomic E-state index is 5.85. The quantitative estimate of drug-likeness (QED) is 0.288. The molecule has 2 aliphatic rings. The highest BCUT2D eigenvalue weighted by Crippen LogP contribution is 2.44. The molecule has 2 heterocycles. The molecule has 0 spiro atoms. The second-order valence-corrected chi connectivity index (χ2v) is 7.89. The van der Waals surface area contributed by atoms with E-state index in [9.17, 15) is 0 Å². The van der Waals surface area contributed by atoms with Crippen LogP contribution in [0.25, 0.3) is 0 Å². The first-order chi connectivity index (χ1) is 13.3. The second kappa shape index (κ2) is 12.7. The number of nitrogens with one attached hydrogen (secondary N) is 2. The molecule has 160 valence electrons. The van der Waals surface area contributed by atoms with E-state index in [-0.39, 0.29) is 24.0 Å². The van der Waals surface area contributed by atoms with Crippen molar-refractivity contribution in [3.8, 4) is 0 Å². The lowest BCUT2D eigenvalue weighted by molar-refractivity contribution is 0.0194. The summed E-state index contributed by atoms with van der Waals surface area (Å²) in [6, 6.07) is 3.94. The lowest BCUT2D eigenvalue weighted by atomic mass is 9.67. The summed E-state index contributed by atoms with van der Waals surface area (Å²) in [6.45, 7) is 4.18. The summed E-state index contributed by atoms with van der Waals surface area (Å²) in [4.78, 5) is 4.93. The zero-order valence-corrected chi connectivity index (χ0v) is 19.4. The van der Waals surface area contributed by atoms with E-state index < -0.39 is 0 Å². The highest BCUT2D eigenvalue weighted by Gasteiger charge is 2.36. The third-order valence-corrected chi connectivity index (χ3v) is 5.84. The number of methoxy groups -OCH3 is 1. The molecule has 3 rings (SSSR count). The van der Waals surface area contributed by atoms with Crippen molar-refractivity contribution < 1.29 is 13.9 Å². The van der Waals surface area contributed by atoms with Crippen molar-refractivity contribution in [2.24, 2.45) is 10.4 Å². The molecule has 0 amide bonds. The van der Waals surface area contributed by atoms with Gasteiger partial charge in [0, 0.05) is 46.4 Å². The van der Waals surface area contributed by atoms with Crippen LogP contribution in [0.1, 0.15) is 50.7 Å². The van der Waals surface area contributed by atoms with Gasteiger partial charge in [0.25, 0.3) is 0 Å². The summed E-state index contributed by atoms with van der Waals surface area (Å²) in [6.07, 6.45) is 11.3. The maximum Gasteiger partial charge on any atom is 0.191 e. The van der Waals surface area contributed by atoms with Crippen molar-refractivity contribution in [2.75, 3.05) is 40.0 Å². The predicted molar refractivity (Wildman–Crippen MR) is 123 cm³/mol. The van der Waals surface area contributed by atoms with E-state index in [1.807, 2.05) is 12.1 Å². The minimum Gasteiger partial charge on any atom is -0.469 e. The molecule has 0 aromatic carbocycles. The summed E-state index contributed by atoms with van der Waals surface area (Å²) in [7, 11) is 1.78. The summed E-state index contributed by atoms with van der Waals surface area (Å²) in [5.41, 5.74) is 0.326. The normalized spacial score (nSPS) is 21.5. The average molecular weight is 505 g/mol. The Balaban J connectivity index is 0.00000280. The summed E-state index contributed by atoms with van der Waals surface area (Å²) in [5, 5.41) is 6.97. The number of guanidine groups is 1. The first-order valence-corrected chi connectivity index (χ1v) is 10.4. The first kappa shape index (κ1) is 23.5. The van der Waals surface area contributed by atoms with Crippen LogP contribution in [0.3, 0.4) is 0 Å². The maximum atomic E-state index is 5.85. The van der Waals surface area contributed by atoms with Gasteiger partial charge in [-0.1, -0.05) is 6.42 Å². The SMILES string of the molecule is COCCC1(CN=C(NCCc2ccco2)NCC2CCCCO2)CCC1.I. The van der Waals surface area contributed by atoms with E-state index in [0.717, 1.165) is 63.8 Å². The van der Waals surface area contributed by atoms with Gasteiger partial charge in [0.2, 0.25) is 0 Å². The van der Waals surface area contributed by atoms with Crippen molar-refractivity contribution in [3.63, 3.8) is 0 Å². The number of ether oxygens (including phenoxy) is 2. The fourth-order valence-electron chi connectivity index (χ4n) is 3.84. The Morgan fingerprint density at radius 1 is 1.29 bits per heavy atom. The van der Waals surface area contributed by atoms with Crippen LogP contribution in [0.15, 0.2) is 27.8 Å². The van der Waals surface area contributed by atoms with E-state index in [4.69, 9.17) is 18.9 Å². The number of furan rings is 1. The molecule has 1 saturated heterocycles. The molecule has 6 nitrogen and oxygen atoms in total. The summed E-state index contributed by atoms with van der Waals surface area (Å²) >= 11 is 0. The smallest absolute Gasteiger partial charge is 0.191 e. The van der Waals surface area contributed by atoms with Gasteiger partial charge in [0.05, 0.1) is 12.4 Å². The number of aliphatic imine (C=N–C) groups is 1. The topological polar surface area (TPSA) is 68.0 Å². The van der Waals surface area contributed by atoms with Crippen LogP contribution in [-0.4, -0.2) is 52.0 Å². The van der Waals surface area contributed by atoms with Gasteiger partial charge in [-0.05, 0) is 56.1 Å². The van der Waals surface area contributed by atoms with Crippen molar-refractivity contribution in [2.45, 2.75) is 57.5 Å². The van der Waals surface area contributed by atoms with Gasteiger partial charge in [-0.25, -0.2) is 0 Å². The summed E-state index contributed by atoms with van der Waals surface area (Å²) < 4.78 is 16.6. The fourth-order valence-corrected chi connectivity index (χ4v) is 3.84. The van der Waals surface area contributed by atoms with Crippen molar-refractivity contribution in [3.05, 3.63) is 24.2 Å². The Labute approximate surface area is 186 Å². The van der Waals surface area contributed by atoms with Gasteiger partial charge in [0.15, 0.2) is 5.96 Å². The number of rotatable bonds is 10. The Bertz CT molecular complexity index is 555. The first-order valence-electron chi connectivity index (χ1n) is 10.4. The van der Waals surface area contributed by atoms with Gasteiger partial charge in [-0.3, -0.25) is 4.99 Å². The molecule has 0 radical (unpaired) electrons. The molecule has 2 fully saturated rings. The van der Waals surface area contributed by atoms with Gasteiger partial charge in [-0.15, -0.1) is 24.0 Å². The van der Waals surface area contributed by atoms with Gasteiger partial charge in [0.1, 0.15) is 5.76 Å². The Hall–Kier alpha value is -0.800. The van der Waals surface area contributed by atoms with Crippen molar-refractivity contribution in [1.82, 2.24) is 10.6 Å². The third-order valence-electron chi connectivity index (χ3n) is 5.84. The minimum atomic E-state index is 0. The average Bonchev–Trinajstić information content (AvgIpc) is 3.18. The molecule has 2 N–H and O–H groups in total. The van der Waals surface area contributed by atoms with Gasteiger partial charge < -0.3 is 24.5 Å². The zero-order chi connectivity index (χ0) is 18.8. The highest BCUT2D eigenvalue weighted by atomic mass is 127. The van der Waals surface area contributed by atoms with Crippen LogP contribution >= 0.6 is 24.0 Å². The van der Waals surface area contributed by atoms with E-state index in [1.54, 1.807) is 13.4 Å². The number of hydrogen-bond acceptors (Lipinski definition) is 4. The van der Waals surface area contributed by atoms with Gasteiger partial charge in [-0.2, -0.15) is 0 Å². The Morgan fingerprint density at radius 3 is 2.82 bits per heavy atom. The molecule has 1 aromatic heterocycles. The Morgan fingerprint density at radius 2 is 2.18 bits per heavy atom. The molecule has 0 bridgehead atoms. The minimum absolute atomic E-state index is 0. The number of nitrogens with zero attached hydrogens (tertiary/aromatic N) is 1. The van der Waals surface area contributed by atoms with E-state index >= 15 is 0 Å². The molecular formula is C21H36IN3O3. The Kier molecular flexibility index (Phi) is 10.6. The largest absolute Gasteiger partial charge is 0.469 e. The van der Waals surface area contributed by atoms with E-state index in [0.29, 0.717) is 11.5 Å². The van der Waals surface area contributed by atoms with E-state index in [1.165, 1.54) is 32.1 Å². The van der Waals surface area contributed by atoms with E-state index in [2.05, 4.69) is 10.6 Å². The predicted octanol–water partition coefficient (Wildman–Crippen LogP) is 3.75. The van der Waals surface area contributed by atoms with Crippen LogP contribution in [0.4, 0.5) is 0 Å². The standard InChI is InChI=1S/C21H35N3O3.HI/c1-25-15-11-21(9-5-10-21)17-24-20(22-12-8-18-7-4-14-26-18)23-16-19-6-2-3-13-27-19;/h4,7,14,19H,2-3,5-6,8-13,15-17H2,1H3,(H2,22,23,24);1H. The van der Waals surface area contributed by atoms with Crippen LogP contribution in [0.5, 0.6) is 0 Å². The van der Waals surface area contributed by atoms with Crippen LogP contribution in [-0.2, 0) is 15.9 Å². The molecule has 28 heavy (non-hydrogen) atoms. The monoisotopic (exact) mass is 505 g/mol. The molecule has 1 atom stereocenters. The zero-order valence-electron chi connectivity index (χ0n) is 17.1. The highest BCUT2D eigenvalue weighted by molar-refractivity contribution is 14.0. The van der Waals surface area contributed by atoms with Crippen LogP contribution in [0, 0.1) is 5.41 Å². The van der Waals surface area contributed by atoms with Crippen molar-refractivity contribution >= 4 is 29.9 Å². The third kappa shape index (κ3) is 7.55. The molecule has 1 unspecified atom stereocenters. The molecule has 1 saturated carbocycles. The van der Waals surface area contributed by atoms with Crippen molar-refractivity contribution in [1.29, 1.82) is 0 Å². The fraction of sp³-hybridized carbons (Fsp3) is 0.762. The number of halogens is 1. The van der Waals surface area contributed by atoms with Crippen LogP contribution in [0.2, 0.25) is 0 Å². The molecular weight excluding hydrogens is 469 g/mol. The number of hydrogen-bond donors (Lipinski definition) is 2. The molecule has 1 aliphatic carbocycles. The van der Waals surface area contributed by atoms with Gasteiger partial charge >= 0.3 is 0 Å².